The number of thioether (sulfide) groups is 1. The molecule has 3 rings (SSSR count). The number of carbonyl (C=O) groups excluding carboxylic acids is 1. The number of nitrogens with one attached hydrogen (secondary N) is 1. The molecule has 0 aromatic rings. The predicted octanol–water partition coefficient (Wildman–Crippen LogP) is 4.27. The fraction of sp³-hybridized carbons (Fsp3) is 0.636. The number of carboxylic acid groups (broad SMARTS) is 1. The summed E-state index contributed by atoms with van der Waals surface area (Å²) in [5.41, 5.74) is -0.130. The number of ether oxygens (including phenoxy) is 1. The molecular weight excluding hydrogens is 374 g/mol. The third-order valence-corrected chi connectivity index (χ3v) is 6.81. The van der Waals surface area contributed by atoms with Crippen LogP contribution in [0.3, 0.4) is 0 Å². The highest BCUT2D eigenvalue weighted by Crippen LogP contribution is 2.41. The van der Waals surface area contributed by atoms with Crippen LogP contribution < -0.4 is 5.32 Å². The molecule has 0 saturated heterocycles. The molecule has 1 amide bonds. The smallest absolute Gasteiger partial charge is 0.326 e. The van der Waals surface area contributed by atoms with Crippen LogP contribution in [0, 0.1) is 17.3 Å². The maximum Gasteiger partial charge on any atom is 0.326 e. The first-order valence-corrected chi connectivity index (χ1v) is 11.1. The van der Waals surface area contributed by atoms with Crippen molar-refractivity contribution in [2.75, 3.05) is 6.61 Å². The van der Waals surface area contributed by atoms with Gasteiger partial charge < -0.3 is 15.2 Å². The Morgan fingerprint density at radius 3 is 2.61 bits per heavy atom. The van der Waals surface area contributed by atoms with Crippen LogP contribution in [0.1, 0.15) is 52.9 Å². The van der Waals surface area contributed by atoms with E-state index in [2.05, 4.69) is 16.8 Å². The minimum atomic E-state index is -1.03. The summed E-state index contributed by atoms with van der Waals surface area (Å²) in [7, 11) is 0. The van der Waals surface area contributed by atoms with E-state index in [1.165, 1.54) is 32.1 Å². The third kappa shape index (κ3) is 4.83. The molecular formula is C22H31NO4S. The molecule has 1 aliphatic heterocycles. The molecule has 0 spiro atoms. The van der Waals surface area contributed by atoms with E-state index in [-0.39, 0.29) is 17.1 Å². The van der Waals surface area contributed by atoms with E-state index in [1.54, 1.807) is 17.8 Å². The number of carboxylic acids is 1. The molecule has 2 N–H and O–H groups in total. The van der Waals surface area contributed by atoms with Gasteiger partial charge >= 0.3 is 5.97 Å². The quantitative estimate of drug-likeness (QED) is 0.690. The molecule has 3 aliphatic rings. The summed E-state index contributed by atoms with van der Waals surface area (Å²) < 4.78 is 6.25. The van der Waals surface area contributed by atoms with Crippen LogP contribution in [0.5, 0.6) is 0 Å². The fourth-order valence-electron chi connectivity index (χ4n) is 4.05. The summed E-state index contributed by atoms with van der Waals surface area (Å²) in [6.45, 7) is 6.06. The number of hydrogen-bond acceptors (Lipinski definition) is 4. The first kappa shape index (κ1) is 21.0. The Labute approximate surface area is 171 Å². The molecule has 0 bridgehead atoms. The molecule has 3 unspecified atom stereocenters. The maximum absolute atomic E-state index is 13.0. The number of carbonyl (C=O) groups is 2. The van der Waals surface area contributed by atoms with E-state index in [9.17, 15) is 14.7 Å². The van der Waals surface area contributed by atoms with Crippen molar-refractivity contribution in [3.63, 3.8) is 0 Å². The van der Waals surface area contributed by atoms with Gasteiger partial charge in [-0.3, -0.25) is 4.79 Å². The second kappa shape index (κ2) is 8.76. The van der Waals surface area contributed by atoms with Crippen LogP contribution >= 0.6 is 11.8 Å². The van der Waals surface area contributed by atoms with E-state index in [0.29, 0.717) is 23.9 Å². The van der Waals surface area contributed by atoms with E-state index in [4.69, 9.17) is 4.74 Å². The van der Waals surface area contributed by atoms with Crippen molar-refractivity contribution < 1.29 is 19.4 Å². The zero-order valence-electron chi connectivity index (χ0n) is 16.9. The Kier molecular flexibility index (Phi) is 6.58. The third-order valence-electron chi connectivity index (χ3n) is 5.73. The Bertz CT molecular complexity index is 698. The molecule has 1 heterocycles. The fourth-order valence-corrected chi connectivity index (χ4v) is 5.04. The average Bonchev–Trinajstić information content (AvgIpc) is 3.12. The number of amides is 1. The second-order valence-electron chi connectivity index (χ2n) is 9.02. The van der Waals surface area contributed by atoms with Crippen LogP contribution in [0.4, 0.5) is 0 Å². The van der Waals surface area contributed by atoms with Gasteiger partial charge in [-0.2, -0.15) is 0 Å². The number of allylic oxidation sites excluding steroid dienone is 1. The lowest BCUT2D eigenvalue weighted by Crippen LogP contribution is -2.49. The standard InChI is InChI=1S/C22H31NO4S/c1-22(2,3)19(21(25)26)23-20(24)16-9-10-17-15(11-12-28-17)18(16)27-13-14-7-5-4-6-8-14/h9-12,14-15,17,19H,4-8,13H2,1-3H3,(H,23,24)(H,25,26). The van der Waals surface area contributed by atoms with Gasteiger partial charge in [-0.1, -0.05) is 52.2 Å². The minimum absolute atomic E-state index is 0.0391. The van der Waals surface area contributed by atoms with Gasteiger partial charge in [0.05, 0.1) is 18.1 Å². The summed E-state index contributed by atoms with van der Waals surface area (Å²) in [6.07, 6.45) is 12.0. The van der Waals surface area contributed by atoms with Crippen molar-refractivity contribution >= 4 is 23.6 Å². The van der Waals surface area contributed by atoms with E-state index >= 15 is 0 Å². The molecule has 1 saturated carbocycles. The van der Waals surface area contributed by atoms with Gasteiger partial charge in [-0.05, 0) is 35.7 Å². The van der Waals surface area contributed by atoms with Crippen molar-refractivity contribution in [3.8, 4) is 0 Å². The Balaban J connectivity index is 1.80. The summed E-state index contributed by atoms with van der Waals surface area (Å²) in [5, 5.41) is 14.6. The summed E-state index contributed by atoms with van der Waals surface area (Å²) in [6, 6.07) is -0.966. The van der Waals surface area contributed by atoms with E-state index in [0.717, 1.165) is 0 Å². The lowest BCUT2D eigenvalue weighted by Gasteiger charge is -2.31. The highest BCUT2D eigenvalue weighted by Gasteiger charge is 2.37. The van der Waals surface area contributed by atoms with Crippen LogP contribution in [0.15, 0.2) is 35.0 Å². The van der Waals surface area contributed by atoms with Crippen LogP contribution in [-0.4, -0.2) is 34.9 Å². The molecule has 3 atom stereocenters. The molecule has 0 radical (unpaired) electrons. The second-order valence-corrected chi connectivity index (χ2v) is 10.1. The largest absolute Gasteiger partial charge is 0.496 e. The van der Waals surface area contributed by atoms with Crippen LogP contribution in [0.25, 0.3) is 0 Å². The molecule has 154 valence electrons. The van der Waals surface area contributed by atoms with Crippen molar-refractivity contribution in [2.45, 2.75) is 64.2 Å². The normalized spacial score (nSPS) is 26.1. The predicted molar refractivity (Wildman–Crippen MR) is 112 cm³/mol. The Morgan fingerprint density at radius 2 is 1.96 bits per heavy atom. The molecule has 0 aromatic heterocycles. The lowest BCUT2D eigenvalue weighted by molar-refractivity contribution is -0.144. The lowest BCUT2D eigenvalue weighted by atomic mass is 9.86. The maximum atomic E-state index is 13.0. The van der Waals surface area contributed by atoms with Gasteiger partial charge in [0.25, 0.3) is 5.91 Å². The van der Waals surface area contributed by atoms with E-state index in [1.807, 2.05) is 26.8 Å². The number of rotatable bonds is 6. The highest BCUT2D eigenvalue weighted by atomic mass is 32.2. The van der Waals surface area contributed by atoms with Gasteiger partial charge in [0, 0.05) is 5.25 Å². The van der Waals surface area contributed by atoms with Gasteiger partial charge in [-0.25, -0.2) is 4.79 Å². The highest BCUT2D eigenvalue weighted by molar-refractivity contribution is 8.03. The molecule has 1 fully saturated rings. The van der Waals surface area contributed by atoms with Crippen LogP contribution in [0.2, 0.25) is 0 Å². The number of aliphatic carboxylic acids is 1. The number of hydrogen-bond donors (Lipinski definition) is 2. The molecule has 0 aromatic carbocycles. The zero-order valence-corrected chi connectivity index (χ0v) is 17.8. The molecule has 6 heteroatoms. The number of fused-ring (bicyclic) bond motifs is 1. The summed E-state index contributed by atoms with van der Waals surface area (Å²) in [4.78, 5) is 24.7. The van der Waals surface area contributed by atoms with E-state index < -0.39 is 17.4 Å². The van der Waals surface area contributed by atoms with Crippen molar-refractivity contribution in [2.24, 2.45) is 17.3 Å². The average molecular weight is 406 g/mol. The topological polar surface area (TPSA) is 75.6 Å². The van der Waals surface area contributed by atoms with Crippen molar-refractivity contribution in [3.05, 3.63) is 35.0 Å². The van der Waals surface area contributed by atoms with Gasteiger partial charge in [-0.15, -0.1) is 11.8 Å². The zero-order chi connectivity index (χ0) is 20.3. The Morgan fingerprint density at radius 1 is 1.25 bits per heavy atom. The van der Waals surface area contributed by atoms with Gasteiger partial charge in [0.1, 0.15) is 11.8 Å². The first-order chi connectivity index (χ1) is 13.3. The molecule has 28 heavy (non-hydrogen) atoms. The van der Waals surface area contributed by atoms with Gasteiger partial charge in [0.15, 0.2) is 0 Å². The molecule has 2 aliphatic carbocycles. The minimum Gasteiger partial charge on any atom is -0.496 e. The summed E-state index contributed by atoms with van der Waals surface area (Å²) >= 11 is 1.72. The van der Waals surface area contributed by atoms with Gasteiger partial charge in [0.2, 0.25) is 0 Å². The summed E-state index contributed by atoms with van der Waals surface area (Å²) in [5.74, 6) is -0.137. The molecule has 5 nitrogen and oxygen atoms in total. The van der Waals surface area contributed by atoms with Crippen molar-refractivity contribution in [1.29, 1.82) is 0 Å². The SMILES string of the molecule is CC(C)(C)C(NC(=O)C1=C(OCC2CCCCC2)C2C=CSC2C=C1)C(=O)O. The van der Waals surface area contributed by atoms with Crippen LogP contribution in [-0.2, 0) is 14.3 Å². The van der Waals surface area contributed by atoms with Crippen molar-refractivity contribution in [1.82, 2.24) is 5.32 Å². The Hall–Kier alpha value is -1.69. The monoisotopic (exact) mass is 405 g/mol. The first-order valence-electron chi connectivity index (χ1n) is 10.2.